The van der Waals surface area contributed by atoms with Gasteiger partial charge in [-0.15, -0.1) is 0 Å². The van der Waals surface area contributed by atoms with Crippen LogP contribution >= 0.6 is 0 Å². The molecule has 0 heterocycles. The Morgan fingerprint density at radius 1 is 1.00 bits per heavy atom. The molecular weight excluding hydrogens is 254 g/mol. The van der Waals surface area contributed by atoms with Gasteiger partial charge in [0.2, 0.25) is 5.75 Å². The summed E-state index contributed by atoms with van der Waals surface area (Å²) >= 11 is 0. The van der Waals surface area contributed by atoms with Crippen molar-refractivity contribution in [3.8, 4) is 17.2 Å². The molecule has 20 heavy (non-hydrogen) atoms. The van der Waals surface area contributed by atoms with Crippen LogP contribution in [-0.2, 0) is 6.54 Å². The van der Waals surface area contributed by atoms with Gasteiger partial charge in [-0.3, -0.25) is 0 Å². The van der Waals surface area contributed by atoms with Gasteiger partial charge in [0.05, 0.1) is 20.8 Å². The molecule has 0 aliphatic carbocycles. The molecule has 0 radical (unpaired) electrons. The van der Waals surface area contributed by atoms with Crippen LogP contribution in [0.4, 0.5) is 0 Å². The van der Waals surface area contributed by atoms with E-state index in [2.05, 4.69) is 33.0 Å². The van der Waals surface area contributed by atoms with Crippen molar-refractivity contribution in [2.45, 2.75) is 40.3 Å². The second kappa shape index (κ2) is 8.00. The molecular formula is C16H27NO3. The molecule has 4 nitrogen and oxygen atoms in total. The quantitative estimate of drug-likeness (QED) is 0.794. The molecule has 1 aromatic carbocycles. The highest BCUT2D eigenvalue weighted by atomic mass is 16.5. The van der Waals surface area contributed by atoms with Crippen LogP contribution in [0.2, 0.25) is 0 Å². The molecule has 0 saturated carbocycles. The van der Waals surface area contributed by atoms with Crippen molar-refractivity contribution < 1.29 is 14.2 Å². The summed E-state index contributed by atoms with van der Waals surface area (Å²) in [5.74, 6) is 2.56. The number of benzene rings is 1. The van der Waals surface area contributed by atoms with Gasteiger partial charge in [-0.25, -0.2) is 0 Å². The third-order valence-electron chi connectivity index (χ3n) is 2.80. The fourth-order valence-corrected chi connectivity index (χ4v) is 1.75. The maximum Gasteiger partial charge on any atom is 0.203 e. The van der Waals surface area contributed by atoms with Crippen LogP contribution in [0.1, 0.15) is 33.3 Å². The molecule has 1 rings (SSSR count). The number of hydrogen-bond donors (Lipinski definition) is 1. The van der Waals surface area contributed by atoms with Crippen LogP contribution in [0.25, 0.3) is 0 Å². The number of methoxy groups -OCH3 is 2. The molecule has 1 N–H and O–H groups in total. The van der Waals surface area contributed by atoms with E-state index >= 15 is 0 Å². The standard InChI is InChI=1S/C16H27NO3/c1-11(2)10-20-16-14(18-5)7-13(8-15(16)19-6)9-17-12(3)4/h7-8,11-12,17H,9-10H2,1-6H3. The van der Waals surface area contributed by atoms with Crippen LogP contribution in [0.3, 0.4) is 0 Å². The monoisotopic (exact) mass is 281 g/mol. The first kappa shape index (κ1) is 16.6. The molecule has 0 spiro atoms. The molecule has 0 aromatic heterocycles. The second-order valence-electron chi connectivity index (χ2n) is 5.57. The first-order valence-electron chi connectivity index (χ1n) is 7.09. The molecule has 0 fully saturated rings. The highest BCUT2D eigenvalue weighted by Gasteiger charge is 2.14. The molecule has 4 heteroatoms. The smallest absolute Gasteiger partial charge is 0.203 e. The molecule has 0 saturated heterocycles. The van der Waals surface area contributed by atoms with E-state index in [-0.39, 0.29) is 0 Å². The summed E-state index contributed by atoms with van der Waals surface area (Å²) in [5, 5.41) is 3.38. The maximum atomic E-state index is 5.82. The summed E-state index contributed by atoms with van der Waals surface area (Å²) < 4.78 is 16.7. The van der Waals surface area contributed by atoms with Crippen LogP contribution in [0.5, 0.6) is 17.2 Å². The van der Waals surface area contributed by atoms with Crippen molar-refractivity contribution in [1.82, 2.24) is 5.32 Å². The average molecular weight is 281 g/mol. The van der Waals surface area contributed by atoms with Crippen LogP contribution in [-0.4, -0.2) is 26.9 Å². The SMILES string of the molecule is COc1cc(CNC(C)C)cc(OC)c1OCC(C)C. The maximum absolute atomic E-state index is 5.82. The Morgan fingerprint density at radius 3 is 1.95 bits per heavy atom. The Kier molecular flexibility index (Phi) is 6.65. The summed E-state index contributed by atoms with van der Waals surface area (Å²) in [6.45, 7) is 9.87. The molecule has 0 aliphatic heterocycles. The summed E-state index contributed by atoms with van der Waals surface area (Å²) in [6.07, 6.45) is 0. The zero-order valence-electron chi connectivity index (χ0n) is 13.4. The first-order valence-corrected chi connectivity index (χ1v) is 7.09. The Balaban J connectivity index is 2.98. The van der Waals surface area contributed by atoms with E-state index in [9.17, 15) is 0 Å². The first-order chi connectivity index (χ1) is 9.47. The predicted molar refractivity (Wildman–Crippen MR) is 81.9 cm³/mol. The third-order valence-corrected chi connectivity index (χ3v) is 2.80. The van der Waals surface area contributed by atoms with Gasteiger partial charge in [0.25, 0.3) is 0 Å². The number of ether oxygens (including phenoxy) is 3. The predicted octanol–water partition coefficient (Wildman–Crippen LogP) is 3.24. The van der Waals surface area contributed by atoms with Crippen molar-refractivity contribution in [1.29, 1.82) is 0 Å². The molecule has 0 aliphatic rings. The van der Waals surface area contributed by atoms with Crippen molar-refractivity contribution in [2.75, 3.05) is 20.8 Å². The summed E-state index contributed by atoms with van der Waals surface area (Å²) in [4.78, 5) is 0. The minimum absolute atomic E-state index is 0.434. The Bertz CT molecular complexity index is 391. The fourth-order valence-electron chi connectivity index (χ4n) is 1.75. The minimum atomic E-state index is 0.434. The Hall–Kier alpha value is -1.42. The van der Waals surface area contributed by atoms with E-state index < -0.39 is 0 Å². The van der Waals surface area contributed by atoms with Crippen LogP contribution in [0, 0.1) is 5.92 Å². The van der Waals surface area contributed by atoms with E-state index in [0.717, 1.165) is 12.1 Å². The molecule has 0 amide bonds. The van der Waals surface area contributed by atoms with Gasteiger partial charge >= 0.3 is 0 Å². The van der Waals surface area contributed by atoms with Gasteiger partial charge in [-0.1, -0.05) is 27.7 Å². The largest absolute Gasteiger partial charge is 0.493 e. The Morgan fingerprint density at radius 2 is 1.55 bits per heavy atom. The van der Waals surface area contributed by atoms with E-state index in [1.54, 1.807) is 14.2 Å². The summed E-state index contributed by atoms with van der Waals surface area (Å²) in [6, 6.07) is 4.42. The van der Waals surface area contributed by atoms with Crippen molar-refractivity contribution in [3.05, 3.63) is 17.7 Å². The number of hydrogen-bond acceptors (Lipinski definition) is 4. The lowest BCUT2D eigenvalue weighted by molar-refractivity contribution is 0.243. The molecule has 1 aromatic rings. The molecule has 0 unspecified atom stereocenters. The van der Waals surface area contributed by atoms with Gasteiger partial charge in [-0.05, 0) is 23.6 Å². The topological polar surface area (TPSA) is 39.7 Å². The van der Waals surface area contributed by atoms with Crippen molar-refractivity contribution >= 4 is 0 Å². The van der Waals surface area contributed by atoms with E-state index in [0.29, 0.717) is 35.8 Å². The van der Waals surface area contributed by atoms with Crippen molar-refractivity contribution in [2.24, 2.45) is 5.92 Å². The van der Waals surface area contributed by atoms with Gasteiger partial charge in [-0.2, -0.15) is 0 Å². The van der Waals surface area contributed by atoms with Gasteiger partial charge < -0.3 is 19.5 Å². The lowest BCUT2D eigenvalue weighted by Crippen LogP contribution is -2.21. The van der Waals surface area contributed by atoms with Gasteiger partial charge in [0.1, 0.15) is 0 Å². The van der Waals surface area contributed by atoms with E-state index in [1.807, 2.05) is 12.1 Å². The fraction of sp³-hybridized carbons (Fsp3) is 0.625. The minimum Gasteiger partial charge on any atom is -0.493 e. The summed E-state index contributed by atoms with van der Waals surface area (Å²) in [7, 11) is 3.30. The third kappa shape index (κ3) is 4.93. The highest BCUT2D eigenvalue weighted by molar-refractivity contribution is 5.53. The van der Waals surface area contributed by atoms with Crippen molar-refractivity contribution in [3.63, 3.8) is 0 Å². The lowest BCUT2D eigenvalue weighted by atomic mass is 10.1. The zero-order valence-corrected chi connectivity index (χ0v) is 13.4. The normalized spacial score (nSPS) is 11.0. The lowest BCUT2D eigenvalue weighted by Gasteiger charge is -2.17. The van der Waals surface area contributed by atoms with Gasteiger partial charge in [0.15, 0.2) is 11.5 Å². The molecule has 0 bridgehead atoms. The zero-order chi connectivity index (χ0) is 15.1. The number of rotatable bonds is 8. The van der Waals surface area contributed by atoms with E-state index in [4.69, 9.17) is 14.2 Å². The Labute approximate surface area is 122 Å². The van der Waals surface area contributed by atoms with Crippen LogP contribution < -0.4 is 19.5 Å². The molecule has 114 valence electrons. The second-order valence-corrected chi connectivity index (χ2v) is 5.57. The highest BCUT2D eigenvalue weighted by Crippen LogP contribution is 2.38. The van der Waals surface area contributed by atoms with Gasteiger partial charge in [0, 0.05) is 12.6 Å². The average Bonchev–Trinajstić information content (AvgIpc) is 2.42. The van der Waals surface area contributed by atoms with E-state index in [1.165, 1.54) is 0 Å². The number of nitrogens with one attached hydrogen (secondary N) is 1. The molecule has 0 atom stereocenters. The van der Waals surface area contributed by atoms with Crippen LogP contribution in [0.15, 0.2) is 12.1 Å². The summed E-state index contributed by atoms with van der Waals surface area (Å²) in [5.41, 5.74) is 1.12.